The summed E-state index contributed by atoms with van der Waals surface area (Å²) in [5.41, 5.74) is 35.2. The quantitative estimate of drug-likeness (QED) is 0.145. The number of aromatic nitrogens is 3. The van der Waals surface area contributed by atoms with Crippen LogP contribution in [-0.2, 0) is 16.2 Å². The van der Waals surface area contributed by atoms with Crippen molar-refractivity contribution in [2.75, 3.05) is 0 Å². The number of pyridine rings is 3. The van der Waals surface area contributed by atoms with Gasteiger partial charge >= 0.3 is 0 Å². The number of hydrogen-bond acceptors (Lipinski definition) is 3. The van der Waals surface area contributed by atoms with Gasteiger partial charge < -0.3 is 0 Å². The Labute approximate surface area is 510 Å². The van der Waals surface area contributed by atoms with E-state index < -0.39 is 0 Å². The van der Waals surface area contributed by atoms with Crippen LogP contribution in [0.15, 0.2) is 273 Å². The van der Waals surface area contributed by atoms with E-state index in [4.69, 9.17) is 15.0 Å². The predicted molar refractivity (Wildman–Crippen MR) is 361 cm³/mol. The van der Waals surface area contributed by atoms with Gasteiger partial charge in [-0.3, -0.25) is 15.0 Å². The Morgan fingerprint density at radius 2 is 0.402 bits per heavy atom. The number of benzene rings is 10. The van der Waals surface area contributed by atoms with Crippen LogP contribution in [0.25, 0.3) is 134 Å². The summed E-state index contributed by atoms with van der Waals surface area (Å²) < 4.78 is 0. The highest BCUT2D eigenvalue weighted by Crippen LogP contribution is 2.53. The van der Waals surface area contributed by atoms with Crippen molar-refractivity contribution in [3.8, 4) is 134 Å². The van der Waals surface area contributed by atoms with Gasteiger partial charge in [-0.2, -0.15) is 0 Å². The minimum Gasteiger partial charge on any atom is -0.256 e. The Hall–Kier alpha value is -10.4. The monoisotopic (exact) mass is 1110 g/mol. The van der Waals surface area contributed by atoms with Gasteiger partial charge in [0.05, 0.1) is 17.1 Å². The fourth-order valence-electron chi connectivity index (χ4n) is 14.8. The number of hydrogen-bond donors (Lipinski definition) is 0. The van der Waals surface area contributed by atoms with Gasteiger partial charge in [-0.15, -0.1) is 0 Å². The lowest BCUT2D eigenvalue weighted by atomic mass is 9.82. The molecule has 3 aliphatic rings. The van der Waals surface area contributed by atoms with Crippen LogP contribution in [0, 0.1) is 0 Å². The van der Waals surface area contributed by atoms with Gasteiger partial charge in [-0.05, 0) is 171 Å². The second-order valence-electron chi connectivity index (χ2n) is 25.5. The largest absolute Gasteiger partial charge is 0.256 e. The molecule has 3 heteroatoms. The molecule has 0 amide bonds. The Morgan fingerprint density at radius 3 is 0.655 bits per heavy atom. The molecule has 0 N–H and O–H groups in total. The van der Waals surface area contributed by atoms with Gasteiger partial charge in [0.2, 0.25) is 0 Å². The summed E-state index contributed by atoms with van der Waals surface area (Å²) in [5.74, 6) is 0. The molecular formula is C84H63N3. The molecule has 0 bridgehead atoms. The van der Waals surface area contributed by atoms with Gasteiger partial charge in [-0.1, -0.05) is 242 Å². The van der Waals surface area contributed by atoms with Crippen molar-refractivity contribution in [3.63, 3.8) is 0 Å². The first-order valence-corrected chi connectivity index (χ1v) is 30.5. The summed E-state index contributed by atoms with van der Waals surface area (Å²) in [6.45, 7) is 14.0. The summed E-state index contributed by atoms with van der Waals surface area (Å²) in [6, 6.07) is 93.8. The van der Waals surface area contributed by atoms with Crippen LogP contribution in [-0.4, -0.2) is 15.0 Å². The molecule has 3 heterocycles. The lowest BCUT2D eigenvalue weighted by Gasteiger charge is -2.22. The van der Waals surface area contributed by atoms with Gasteiger partial charge in [0.25, 0.3) is 0 Å². The van der Waals surface area contributed by atoms with Crippen molar-refractivity contribution in [2.45, 2.75) is 57.8 Å². The van der Waals surface area contributed by atoms with E-state index in [9.17, 15) is 0 Å². The SMILES string of the molecule is CC1(C)c2ccccc2-c2ccc(-c3ccc(-c4ccccc4-c4cc(-c5ccccc5-c5ccc(-c6ccc7c(c6)C(C)(C)c6ccccc6-7)nc5)cc(-c5ccccc5-c5ccc(-c6ccc7c(c6)C(C)(C)c6ccccc6-7)nc5)c4)cn3)cc21. The summed E-state index contributed by atoms with van der Waals surface area (Å²) in [5, 5.41) is 0. The average molecular weight is 1110 g/mol. The van der Waals surface area contributed by atoms with E-state index in [-0.39, 0.29) is 16.2 Å². The van der Waals surface area contributed by atoms with Crippen LogP contribution >= 0.6 is 0 Å². The second-order valence-corrected chi connectivity index (χ2v) is 25.5. The minimum absolute atomic E-state index is 0.0951. The minimum atomic E-state index is -0.0951. The molecule has 0 saturated carbocycles. The van der Waals surface area contributed by atoms with Crippen molar-refractivity contribution in [3.05, 3.63) is 307 Å². The number of fused-ring (bicyclic) bond motifs is 9. The zero-order valence-electron chi connectivity index (χ0n) is 49.8. The van der Waals surface area contributed by atoms with E-state index in [0.29, 0.717) is 0 Å². The Bertz CT molecular complexity index is 4420. The average Bonchev–Trinajstić information content (AvgIpc) is 1.85. The molecule has 0 fully saturated rings. The van der Waals surface area contributed by atoms with Crippen LogP contribution in [0.4, 0.5) is 0 Å². The number of rotatable bonds is 9. The third-order valence-corrected chi connectivity index (χ3v) is 19.5. The third kappa shape index (κ3) is 8.43. The Balaban J connectivity index is 0.783. The molecule has 3 aliphatic carbocycles. The van der Waals surface area contributed by atoms with Crippen LogP contribution in [0.3, 0.4) is 0 Å². The first kappa shape index (κ1) is 52.2. The predicted octanol–water partition coefficient (Wildman–Crippen LogP) is 21.8. The Kier molecular flexibility index (Phi) is 11.9. The molecule has 0 aliphatic heterocycles. The molecule has 0 saturated heterocycles. The Morgan fingerprint density at radius 1 is 0.184 bits per heavy atom. The van der Waals surface area contributed by atoms with Gasteiger partial charge in [-0.25, -0.2) is 0 Å². The summed E-state index contributed by atoms with van der Waals surface area (Å²) in [7, 11) is 0. The van der Waals surface area contributed by atoms with E-state index in [1.54, 1.807) is 0 Å². The highest BCUT2D eigenvalue weighted by molar-refractivity contribution is 5.95. The lowest BCUT2D eigenvalue weighted by Crippen LogP contribution is -2.14. The van der Waals surface area contributed by atoms with E-state index in [0.717, 1.165) is 101 Å². The molecule has 0 spiro atoms. The molecule has 0 atom stereocenters. The van der Waals surface area contributed by atoms with Gasteiger partial charge in [0, 0.05) is 68.2 Å². The lowest BCUT2D eigenvalue weighted by molar-refractivity contribution is 0.660. The third-order valence-electron chi connectivity index (χ3n) is 19.5. The molecule has 0 unspecified atom stereocenters. The molecule has 0 radical (unpaired) electrons. The van der Waals surface area contributed by atoms with Crippen LogP contribution < -0.4 is 0 Å². The molecule has 10 aromatic carbocycles. The van der Waals surface area contributed by atoms with Crippen LogP contribution in [0.2, 0.25) is 0 Å². The highest BCUT2D eigenvalue weighted by atomic mass is 14.7. The molecule has 13 aromatic rings. The van der Waals surface area contributed by atoms with Crippen LogP contribution in [0.5, 0.6) is 0 Å². The summed E-state index contributed by atoms with van der Waals surface area (Å²) >= 11 is 0. The maximum absolute atomic E-state index is 5.20. The summed E-state index contributed by atoms with van der Waals surface area (Å²) in [6.07, 6.45) is 6.15. The zero-order valence-corrected chi connectivity index (χ0v) is 49.8. The number of nitrogens with zero attached hydrogens (tertiary/aromatic N) is 3. The molecule has 87 heavy (non-hydrogen) atoms. The maximum Gasteiger partial charge on any atom is 0.0702 e. The molecule has 3 nitrogen and oxygen atoms in total. The van der Waals surface area contributed by atoms with Crippen molar-refractivity contribution >= 4 is 0 Å². The second kappa shape index (κ2) is 19.9. The van der Waals surface area contributed by atoms with E-state index in [2.05, 4.69) is 315 Å². The van der Waals surface area contributed by atoms with E-state index in [1.165, 1.54) is 66.8 Å². The highest BCUT2D eigenvalue weighted by Gasteiger charge is 2.38. The van der Waals surface area contributed by atoms with Crippen molar-refractivity contribution < 1.29 is 0 Å². The zero-order chi connectivity index (χ0) is 58.8. The van der Waals surface area contributed by atoms with Crippen molar-refractivity contribution in [1.29, 1.82) is 0 Å². The van der Waals surface area contributed by atoms with Gasteiger partial charge in [0.1, 0.15) is 0 Å². The fourth-order valence-corrected chi connectivity index (χ4v) is 14.8. The van der Waals surface area contributed by atoms with Gasteiger partial charge in [0.15, 0.2) is 0 Å². The molecule has 414 valence electrons. The molecule has 16 rings (SSSR count). The normalized spacial score (nSPS) is 14.1. The van der Waals surface area contributed by atoms with E-state index >= 15 is 0 Å². The topological polar surface area (TPSA) is 38.7 Å². The fraction of sp³-hybridized carbons (Fsp3) is 0.107. The standard InChI is InChI=1S/C84H63N3/c1-82(2)73-28-16-13-25-67(73)70-37-31-52(46-76(70)82)79-40-34-55(49-85-79)61-19-7-10-22-64(61)58-43-59(65-23-11-8-20-62(65)56-35-41-80(86-50-56)53-32-38-71-68-26-14-17-29-74(68)83(3,4)77(71)47-53)45-60(44-58)66-24-12-9-21-63(66)57-36-42-81(87-51-57)54-33-39-72-69-27-15-18-30-75(69)84(5,6)78(72)48-54/h7-51H,1-6H3. The smallest absolute Gasteiger partial charge is 0.0702 e. The molecule has 3 aromatic heterocycles. The molecular weight excluding hydrogens is 1050 g/mol. The van der Waals surface area contributed by atoms with Crippen molar-refractivity contribution in [2.24, 2.45) is 0 Å². The van der Waals surface area contributed by atoms with E-state index in [1.807, 2.05) is 0 Å². The summed E-state index contributed by atoms with van der Waals surface area (Å²) in [4.78, 5) is 15.6. The first-order chi connectivity index (χ1) is 42.4. The van der Waals surface area contributed by atoms with Crippen molar-refractivity contribution in [1.82, 2.24) is 15.0 Å². The van der Waals surface area contributed by atoms with Crippen LogP contribution in [0.1, 0.15) is 74.9 Å². The maximum atomic E-state index is 5.20. The first-order valence-electron chi connectivity index (χ1n) is 30.5.